The van der Waals surface area contributed by atoms with Gasteiger partial charge in [-0.2, -0.15) is 0 Å². The summed E-state index contributed by atoms with van der Waals surface area (Å²) < 4.78 is 0. The molecule has 6 heteroatoms. The van der Waals surface area contributed by atoms with E-state index in [9.17, 15) is 14.9 Å². The number of nitro benzene ring substituents is 1. The Morgan fingerprint density at radius 2 is 2.00 bits per heavy atom. The largest absolute Gasteiger partial charge is 0.322 e. The fourth-order valence-electron chi connectivity index (χ4n) is 1.90. The van der Waals surface area contributed by atoms with Crippen LogP contribution in [0.15, 0.2) is 42.5 Å². The van der Waals surface area contributed by atoms with Gasteiger partial charge in [0.1, 0.15) is 5.02 Å². The number of amides is 1. The van der Waals surface area contributed by atoms with Gasteiger partial charge in [0, 0.05) is 11.8 Å². The SMILES string of the molecule is CCc1cccc(NC(=O)c2cccc([N+](=O)[O-])c2Cl)c1. The number of nitrogens with zero attached hydrogens (tertiary/aromatic N) is 1. The molecule has 0 heterocycles. The Labute approximate surface area is 126 Å². The van der Waals surface area contributed by atoms with Gasteiger partial charge in [-0.15, -0.1) is 0 Å². The third-order valence-corrected chi connectivity index (χ3v) is 3.41. The second-order valence-corrected chi connectivity index (χ2v) is 4.78. The van der Waals surface area contributed by atoms with Crippen molar-refractivity contribution in [3.8, 4) is 0 Å². The van der Waals surface area contributed by atoms with E-state index >= 15 is 0 Å². The molecule has 0 saturated heterocycles. The number of hydrogen-bond donors (Lipinski definition) is 1. The molecule has 0 aliphatic rings. The Kier molecular flexibility index (Phi) is 4.55. The van der Waals surface area contributed by atoms with Crippen LogP contribution in [-0.2, 0) is 6.42 Å². The quantitative estimate of drug-likeness (QED) is 0.683. The number of benzene rings is 2. The van der Waals surface area contributed by atoms with Gasteiger partial charge >= 0.3 is 0 Å². The number of anilines is 1. The first kappa shape index (κ1) is 15.0. The van der Waals surface area contributed by atoms with Crippen LogP contribution in [0.3, 0.4) is 0 Å². The Morgan fingerprint density at radius 3 is 2.67 bits per heavy atom. The number of hydrogen-bond acceptors (Lipinski definition) is 3. The zero-order valence-corrected chi connectivity index (χ0v) is 12.1. The van der Waals surface area contributed by atoms with E-state index in [1.165, 1.54) is 18.2 Å². The molecule has 0 fully saturated rings. The van der Waals surface area contributed by atoms with Crippen molar-refractivity contribution in [1.29, 1.82) is 0 Å². The van der Waals surface area contributed by atoms with Crippen LogP contribution in [0.4, 0.5) is 11.4 Å². The maximum absolute atomic E-state index is 12.2. The van der Waals surface area contributed by atoms with Crippen LogP contribution in [0.1, 0.15) is 22.8 Å². The molecule has 0 atom stereocenters. The lowest BCUT2D eigenvalue weighted by Gasteiger charge is -2.08. The minimum atomic E-state index is -0.614. The predicted molar refractivity (Wildman–Crippen MR) is 81.9 cm³/mol. The van der Waals surface area contributed by atoms with E-state index in [2.05, 4.69) is 5.32 Å². The molecule has 5 nitrogen and oxygen atoms in total. The Bertz CT molecular complexity index is 701. The minimum Gasteiger partial charge on any atom is -0.322 e. The number of halogens is 1. The molecule has 2 aromatic rings. The normalized spacial score (nSPS) is 10.2. The molecule has 0 aromatic heterocycles. The lowest BCUT2D eigenvalue weighted by molar-refractivity contribution is -0.384. The summed E-state index contributed by atoms with van der Waals surface area (Å²) in [6, 6.07) is 11.5. The lowest BCUT2D eigenvalue weighted by atomic mass is 10.1. The highest BCUT2D eigenvalue weighted by atomic mass is 35.5. The van der Waals surface area contributed by atoms with Gasteiger partial charge in [-0.1, -0.05) is 36.7 Å². The number of aryl methyl sites for hydroxylation is 1. The van der Waals surface area contributed by atoms with Gasteiger partial charge in [-0.25, -0.2) is 0 Å². The molecule has 0 bridgehead atoms. The number of rotatable bonds is 4. The molecule has 0 saturated carbocycles. The van der Waals surface area contributed by atoms with E-state index < -0.39 is 10.8 Å². The van der Waals surface area contributed by atoms with E-state index in [0.29, 0.717) is 5.69 Å². The maximum Gasteiger partial charge on any atom is 0.288 e. The molecular weight excluding hydrogens is 292 g/mol. The van der Waals surface area contributed by atoms with Gasteiger partial charge in [0.2, 0.25) is 0 Å². The summed E-state index contributed by atoms with van der Waals surface area (Å²) in [6.45, 7) is 2.01. The van der Waals surface area contributed by atoms with Crippen molar-refractivity contribution in [1.82, 2.24) is 0 Å². The summed E-state index contributed by atoms with van der Waals surface area (Å²) in [6.07, 6.45) is 0.848. The summed E-state index contributed by atoms with van der Waals surface area (Å²) >= 11 is 5.92. The molecule has 0 aliphatic carbocycles. The first-order valence-electron chi connectivity index (χ1n) is 6.36. The molecule has 0 radical (unpaired) electrons. The average molecular weight is 305 g/mol. The van der Waals surface area contributed by atoms with Crippen LogP contribution >= 0.6 is 11.6 Å². The van der Waals surface area contributed by atoms with Crippen LogP contribution in [0.25, 0.3) is 0 Å². The molecule has 108 valence electrons. The molecule has 1 N–H and O–H groups in total. The van der Waals surface area contributed by atoms with Gasteiger partial charge in [-0.05, 0) is 30.2 Å². The number of nitro groups is 1. The van der Waals surface area contributed by atoms with Crippen LogP contribution in [-0.4, -0.2) is 10.8 Å². The minimum absolute atomic E-state index is 0.0766. The van der Waals surface area contributed by atoms with E-state index in [1.807, 2.05) is 25.1 Å². The summed E-state index contributed by atoms with van der Waals surface area (Å²) in [4.78, 5) is 22.4. The van der Waals surface area contributed by atoms with Crippen LogP contribution in [0.2, 0.25) is 5.02 Å². The fourth-order valence-corrected chi connectivity index (χ4v) is 2.18. The fraction of sp³-hybridized carbons (Fsp3) is 0.133. The molecular formula is C15H13ClN2O3. The highest BCUT2D eigenvalue weighted by Crippen LogP contribution is 2.28. The third kappa shape index (κ3) is 3.38. The summed E-state index contributed by atoms with van der Waals surface area (Å²) in [5.74, 6) is -0.475. The van der Waals surface area contributed by atoms with Crippen molar-refractivity contribution in [2.75, 3.05) is 5.32 Å². The Hall–Kier alpha value is -2.40. The lowest BCUT2D eigenvalue weighted by Crippen LogP contribution is -2.13. The average Bonchev–Trinajstić information content (AvgIpc) is 2.47. The first-order valence-corrected chi connectivity index (χ1v) is 6.74. The van der Waals surface area contributed by atoms with Crippen molar-refractivity contribution in [2.24, 2.45) is 0 Å². The van der Waals surface area contributed by atoms with E-state index in [1.54, 1.807) is 6.07 Å². The first-order chi connectivity index (χ1) is 10.0. The molecule has 0 spiro atoms. The van der Waals surface area contributed by atoms with Crippen molar-refractivity contribution < 1.29 is 9.72 Å². The van der Waals surface area contributed by atoms with Gasteiger partial charge < -0.3 is 5.32 Å². The maximum atomic E-state index is 12.2. The highest BCUT2D eigenvalue weighted by molar-refractivity contribution is 6.36. The van der Waals surface area contributed by atoms with Gasteiger partial charge in [0.05, 0.1) is 10.5 Å². The Balaban J connectivity index is 2.28. The van der Waals surface area contributed by atoms with Crippen molar-refractivity contribution >= 4 is 28.9 Å². The summed E-state index contributed by atoms with van der Waals surface area (Å²) in [5.41, 5.74) is 1.50. The van der Waals surface area contributed by atoms with E-state index in [0.717, 1.165) is 12.0 Å². The van der Waals surface area contributed by atoms with Crippen LogP contribution in [0, 0.1) is 10.1 Å². The number of nitrogens with one attached hydrogen (secondary N) is 1. The smallest absolute Gasteiger partial charge is 0.288 e. The van der Waals surface area contributed by atoms with E-state index in [-0.39, 0.29) is 16.3 Å². The van der Waals surface area contributed by atoms with Crippen molar-refractivity contribution in [2.45, 2.75) is 13.3 Å². The monoisotopic (exact) mass is 304 g/mol. The van der Waals surface area contributed by atoms with Crippen LogP contribution < -0.4 is 5.32 Å². The second-order valence-electron chi connectivity index (χ2n) is 4.40. The van der Waals surface area contributed by atoms with Crippen molar-refractivity contribution in [3.05, 3.63) is 68.7 Å². The number of carbonyl (C=O) groups is 1. The number of carbonyl (C=O) groups excluding carboxylic acids is 1. The zero-order chi connectivity index (χ0) is 15.4. The molecule has 0 unspecified atom stereocenters. The van der Waals surface area contributed by atoms with Gasteiger partial charge in [0.15, 0.2) is 0 Å². The van der Waals surface area contributed by atoms with Gasteiger partial charge in [-0.3, -0.25) is 14.9 Å². The zero-order valence-electron chi connectivity index (χ0n) is 11.3. The molecule has 1 amide bonds. The summed E-state index contributed by atoms with van der Waals surface area (Å²) in [5, 5.41) is 13.4. The highest BCUT2D eigenvalue weighted by Gasteiger charge is 2.19. The van der Waals surface area contributed by atoms with Crippen molar-refractivity contribution in [3.63, 3.8) is 0 Å². The molecule has 2 aromatic carbocycles. The molecule has 21 heavy (non-hydrogen) atoms. The van der Waals surface area contributed by atoms with Gasteiger partial charge in [0.25, 0.3) is 11.6 Å². The Morgan fingerprint density at radius 1 is 1.29 bits per heavy atom. The summed E-state index contributed by atoms with van der Waals surface area (Å²) in [7, 11) is 0. The topological polar surface area (TPSA) is 72.2 Å². The standard InChI is InChI=1S/C15H13ClN2O3/c1-2-10-5-3-6-11(9-10)17-15(19)12-7-4-8-13(14(12)16)18(20)21/h3-9H,2H2,1H3,(H,17,19). The predicted octanol–water partition coefficient (Wildman–Crippen LogP) is 4.06. The third-order valence-electron chi connectivity index (χ3n) is 3.01. The van der Waals surface area contributed by atoms with E-state index in [4.69, 9.17) is 11.6 Å². The second kappa shape index (κ2) is 6.37. The molecule has 2 rings (SSSR count). The molecule has 0 aliphatic heterocycles. The van der Waals surface area contributed by atoms with Crippen LogP contribution in [0.5, 0.6) is 0 Å².